The van der Waals surface area contributed by atoms with Crippen molar-refractivity contribution in [2.75, 3.05) is 21.0 Å². The van der Waals surface area contributed by atoms with Gasteiger partial charge in [0.2, 0.25) is 6.79 Å². The van der Waals surface area contributed by atoms with Crippen LogP contribution in [0.4, 0.5) is 0 Å². The van der Waals surface area contributed by atoms with E-state index < -0.39 is 0 Å². The highest BCUT2D eigenvalue weighted by atomic mass is 16.7. The number of ether oxygens (including phenoxy) is 3. The maximum atomic E-state index is 12.8. The first-order valence-electron chi connectivity index (χ1n) is 8.90. The number of amides is 1. The molecule has 2 aromatic carbocycles. The van der Waals surface area contributed by atoms with E-state index >= 15 is 0 Å². The normalized spacial score (nSPS) is 12.1. The van der Waals surface area contributed by atoms with Gasteiger partial charge in [0.1, 0.15) is 11.4 Å². The van der Waals surface area contributed by atoms with E-state index in [1.807, 2.05) is 43.3 Å². The van der Waals surface area contributed by atoms with Gasteiger partial charge in [0.05, 0.1) is 7.11 Å². The third-order valence-corrected chi connectivity index (χ3v) is 4.59. The topological polar surface area (TPSA) is 65.8 Å². The maximum absolute atomic E-state index is 12.8. The van der Waals surface area contributed by atoms with Crippen LogP contribution in [0.2, 0.25) is 0 Å². The fraction of sp³-hybridized carbons (Fsp3) is 0.238. The summed E-state index contributed by atoms with van der Waals surface area (Å²) in [6, 6.07) is 13.2. The molecule has 7 nitrogen and oxygen atoms in total. The Labute approximate surface area is 163 Å². The molecule has 0 saturated carbocycles. The Balaban J connectivity index is 1.52. The second-order valence-corrected chi connectivity index (χ2v) is 6.67. The first-order chi connectivity index (χ1) is 13.5. The van der Waals surface area contributed by atoms with Crippen molar-refractivity contribution >= 4 is 5.91 Å². The molecular weight excluding hydrogens is 358 g/mol. The monoisotopic (exact) mass is 379 g/mol. The number of methoxy groups -OCH3 is 1. The van der Waals surface area contributed by atoms with Gasteiger partial charge in [-0.15, -0.1) is 0 Å². The molecule has 3 aromatic rings. The van der Waals surface area contributed by atoms with Crippen LogP contribution in [0, 0.1) is 6.92 Å². The van der Waals surface area contributed by atoms with E-state index in [1.54, 1.807) is 36.0 Å². The molecule has 0 unspecified atom stereocenters. The van der Waals surface area contributed by atoms with Gasteiger partial charge in [0, 0.05) is 19.8 Å². The van der Waals surface area contributed by atoms with Crippen LogP contribution in [0.3, 0.4) is 0 Å². The summed E-state index contributed by atoms with van der Waals surface area (Å²) >= 11 is 0. The van der Waals surface area contributed by atoms with E-state index in [-0.39, 0.29) is 12.7 Å². The molecule has 0 spiro atoms. The minimum Gasteiger partial charge on any atom is -0.494 e. The lowest BCUT2D eigenvalue weighted by molar-refractivity contribution is 0.0778. The van der Waals surface area contributed by atoms with Crippen molar-refractivity contribution in [2.24, 2.45) is 0 Å². The van der Waals surface area contributed by atoms with Gasteiger partial charge < -0.3 is 19.1 Å². The summed E-state index contributed by atoms with van der Waals surface area (Å²) in [6.07, 6.45) is 1.76. The van der Waals surface area contributed by atoms with Crippen LogP contribution in [0.25, 0.3) is 5.69 Å². The minimum absolute atomic E-state index is 0.164. The predicted octanol–water partition coefficient (Wildman–Crippen LogP) is 3.19. The van der Waals surface area contributed by atoms with Crippen LogP contribution in [0.15, 0.2) is 48.7 Å². The molecule has 144 valence electrons. The Kier molecular flexibility index (Phi) is 4.65. The van der Waals surface area contributed by atoms with E-state index in [0.717, 1.165) is 22.6 Å². The molecule has 1 aliphatic rings. The molecule has 7 heteroatoms. The second kappa shape index (κ2) is 7.26. The Morgan fingerprint density at radius 3 is 2.82 bits per heavy atom. The summed E-state index contributed by atoms with van der Waals surface area (Å²) in [5.41, 5.74) is 3.20. The highest BCUT2D eigenvalue weighted by molar-refractivity contribution is 5.92. The van der Waals surface area contributed by atoms with E-state index in [9.17, 15) is 4.79 Å². The lowest BCUT2D eigenvalue weighted by Crippen LogP contribution is -2.26. The van der Waals surface area contributed by atoms with Crippen LogP contribution in [-0.4, -0.2) is 41.5 Å². The first-order valence-corrected chi connectivity index (χ1v) is 8.90. The number of benzene rings is 2. The van der Waals surface area contributed by atoms with Gasteiger partial charge >= 0.3 is 0 Å². The summed E-state index contributed by atoms with van der Waals surface area (Å²) in [5.74, 6) is 1.96. The fourth-order valence-corrected chi connectivity index (χ4v) is 3.13. The lowest BCUT2D eigenvalue weighted by Gasteiger charge is -2.16. The summed E-state index contributed by atoms with van der Waals surface area (Å²) in [7, 11) is 3.36. The molecule has 0 radical (unpaired) electrons. The number of hydrogen-bond donors (Lipinski definition) is 0. The van der Waals surface area contributed by atoms with Crippen LogP contribution in [0.1, 0.15) is 21.6 Å². The third kappa shape index (κ3) is 3.38. The highest BCUT2D eigenvalue weighted by Gasteiger charge is 2.18. The number of fused-ring (bicyclic) bond motifs is 1. The summed E-state index contributed by atoms with van der Waals surface area (Å²) in [6.45, 7) is 2.67. The smallest absolute Gasteiger partial charge is 0.274 e. The molecule has 0 atom stereocenters. The molecule has 1 aliphatic heterocycles. The van der Waals surface area contributed by atoms with Crippen molar-refractivity contribution in [3.05, 3.63) is 65.5 Å². The molecule has 28 heavy (non-hydrogen) atoms. The van der Waals surface area contributed by atoms with Gasteiger partial charge in [0.15, 0.2) is 17.2 Å². The average Bonchev–Trinajstić information content (AvgIpc) is 3.36. The minimum atomic E-state index is -0.164. The van der Waals surface area contributed by atoms with Crippen molar-refractivity contribution in [1.29, 1.82) is 0 Å². The molecule has 0 bridgehead atoms. The van der Waals surface area contributed by atoms with Gasteiger partial charge in [-0.05, 0) is 48.4 Å². The predicted molar refractivity (Wildman–Crippen MR) is 103 cm³/mol. The van der Waals surface area contributed by atoms with Gasteiger partial charge in [0.25, 0.3) is 5.91 Å². The molecule has 2 heterocycles. The Hall–Kier alpha value is -3.48. The van der Waals surface area contributed by atoms with Crippen LogP contribution >= 0.6 is 0 Å². The van der Waals surface area contributed by atoms with Gasteiger partial charge in [-0.1, -0.05) is 12.1 Å². The molecule has 0 aliphatic carbocycles. The van der Waals surface area contributed by atoms with Crippen molar-refractivity contribution in [3.63, 3.8) is 0 Å². The van der Waals surface area contributed by atoms with Gasteiger partial charge in [-0.3, -0.25) is 4.79 Å². The first kappa shape index (κ1) is 17.9. The average molecular weight is 379 g/mol. The zero-order valence-electron chi connectivity index (χ0n) is 16.0. The van der Waals surface area contributed by atoms with E-state index in [1.165, 1.54) is 0 Å². The fourth-order valence-electron chi connectivity index (χ4n) is 3.13. The van der Waals surface area contributed by atoms with Gasteiger partial charge in [-0.25, -0.2) is 4.68 Å². The number of aromatic nitrogens is 2. The summed E-state index contributed by atoms with van der Waals surface area (Å²) in [4.78, 5) is 14.4. The molecule has 1 amide bonds. The third-order valence-electron chi connectivity index (χ3n) is 4.59. The van der Waals surface area contributed by atoms with Gasteiger partial charge in [-0.2, -0.15) is 5.10 Å². The standard InChI is InChI=1S/C21H21N3O4/c1-14-4-6-18(26-3)17(10-14)24-9-8-16(22-24)21(25)23(2)12-15-5-7-19-20(11-15)28-13-27-19/h4-11H,12-13H2,1-3H3. The van der Waals surface area contributed by atoms with Crippen molar-refractivity contribution in [2.45, 2.75) is 13.5 Å². The number of hydrogen-bond acceptors (Lipinski definition) is 5. The summed E-state index contributed by atoms with van der Waals surface area (Å²) < 4.78 is 17.8. The number of rotatable bonds is 5. The Morgan fingerprint density at radius 1 is 1.18 bits per heavy atom. The number of aryl methyl sites for hydroxylation is 1. The molecule has 0 saturated heterocycles. The quantitative estimate of drug-likeness (QED) is 0.681. The molecule has 0 fully saturated rings. The Morgan fingerprint density at radius 2 is 2.00 bits per heavy atom. The van der Waals surface area contributed by atoms with Crippen molar-refractivity contribution < 1.29 is 19.0 Å². The van der Waals surface area contributed by atoms with E-state index in [0.29, 0.717) is 23.7 Å². The van der Waals surface area contributed by atoms with E-state index in [4.69, 9.17) is 14.2 Å². The zero-order chi connectivity index (χ0) is 19.7. The highest BCUT2D eigenvalue weighted by Crippen LogP contribution is 2.32. The number of carbonyl (C=O) groups is 1. The largest absolute Gasteiger partial charge is 0.494 e. The second-order valence-electron chi connectivity index (χ2n) is 6.67. The SMILES string of the molecule is COc1ccc(C)cc1-n1ccc(C(=O)N(C)Cc2ccc3c(c2)OCO3)n1. The maximum Gasteiger partial charge on any atom is 0.274 e. The Bertz CT molecular complexity index is 1030. The lowest BCUT2D eigenvalue weighted by atomic mass is 10.2. The van der Waals surface area contributed by atoms with Crippen LogP contribution in [-0.2, 0) is 6.54 Å². The van der Waals surface area contributed by atoms with Crippen molar-refractivity contribution in [1.82, 2.24) is 14.7 Å². The summed E-state index contributed by atoms with van der Waals surface area (Å²) in [5, 5.41) is 4.45. The number of carbonyl (C=O) groups excluding carboxylic acids is 1. The molecule has 4 rings (SSSR count). The zero-order valence-corrected chi connectivity index (χ0v) is 16.0. The van der Waals surface area contributed by atoms with Crippen LogP contribution < -0.4 is 14.2 Å². The number of nitrogens with zero attached hydrogens (tertiary/aromatic N) is 3. The van der Waals surface area contributed by atoms with E-state index in [2.05, 4.69) is 5.10 Å². The van der Waals surface area contributed by atoms with Crippen molar-refractivity contribution in [3.8, 4) is 22.9 Å². The molecular formula is C21H21N3O4. The molecule has 1 aromatic heterocycles. The molecule has 0 N–H and O–H groups in total. The van der Waals surface area contributed by atoms with Crippen LogP contribution in [0.5, 0.6) is 17.2 Å².